The van der Waals surface area contributed by atoms with E-state index in [-0.39, 0.29) is 5.97 Å². The number of carbonyl (C=O) groups is 1. The number of aromatic amines is 1. The van der Waals surface area contributed by atoms with Crippen molar-refractivity contribution >= 4 is 27.8 Å². The van der Waals surface area contributed by atoms with Crippen molar-refractivity contribution in [3.05, 3.63) is 41.0 Å². The van der Waals surface area contributed by atoms with Crippen LogP contribution in [0.15, 0.2) is 24.3 Å². The second-order valence-corrected chi connectivity index (χ2v) is 6.02. The van der Waals surface area contributed by atoms with Gasteiger partial charge in [-0.05, 0) is 55.0 Å². The Morgan fingerprint density at radius 1 is 1.09 bits per heavy atom. The molecule has 1 aromatic heterocycles. The normalized spacial score (nSPS) is 14.0. The van der Waals surface area contributed by atoms with Gasteiger partial charge in [0.05, 0.1) is 30.7 Å². The Labute approximate surface area is 134 Å². The maximum Gasteiger partial charge on any atom is 0.338 e. The van der Waals surface area contributed by atoms with E-state index in [1.54, 1.807) is 13.2 Å². The van der Waals surface area contributed by atoms with Crippen LogP contribution in [0.5, 0.6) is 5.75 Å². The highest BCUT2D eigenvalue weighted by molar-refractivity contribution is 6.19. The zero-order valence-corrected chi connectivity index (χ0v) is 13.4. The minimum atomic E-state index is -0.323. The molecule has 4 nitrogen and oxygen atoms in total. The molecule has 4 heteroatoms. The monoisotopic (exact) mass is 309 g/mol. The van der Waals surface area contributed by atoms with Crippen molar-refractivity contribution in [3.63, 3.8) is 0 Å². The fourth-order valence-electron chi connectivity index (χ4n) is 3.79. The second kappa shape index (κ2) is 5.30. The molecule has 0 atom stereocenters. The lowest BCUT2D eigenvalue weighted by Crippen LogP contribution is -2.06. The average Bonchev–Trinajstić information content (AvgIpc) is 2.96. The number of hydrogen-bond donors (Lipinski definition) is 1. The first-order valence-electron chi connectivity index (χ1n) is 7.96. The predicted octanol–water partition coefficient (Wildman–Crippen LogP) is 4.00. The predicted molar refractivity (Wildman–Crippen MR) is 90.3 cm³/mol. The average molecular weight is 309 g/mol. The molecule has 0 fully saturated rings. The van der Waals surface area contributed by atoms with Crippen molar-refractivity contribution in [1.29, 1.82) is 0 Å². The van der Waals surface area contributed by atoms with Crippen LogP contribution >= 0.6 is 0 Å². The Balaban J connectivity index is 2.16. The molecule has 0 spiro atoms. The lowest BCUT2D eigenvalue weighted by Gasteiger charge is -2.19. The number of nitrogens with one attached hydrogen (secondary N) is 1. The summed E-state index contributed by atoms with van der Waals surface area (Å²) in [6, 6.07) is 7.88. The maximum absolute atomic E-state index is 12.2. The van der Waals surface area contributed by atoms with Gasteiger partial charge in [0.15, 0.2) is 0 Å². The third kappa shape index (κ3) is 2.01. The van der Waals surface area contributed by atoms with Crippen molar-refractivity contribution < 1.29 is 14.3 Å². The summed E-state index contributed by atoms with van der Waals surface area (Å²) >= 11 is 0. The van der Waals surface area contributed by atoms with Crippen LogP contribution in [0, 0.1) is 0 Å². The minimum absolute atomic E-state index is 0.323. The molecule has 0 amide bonds. The second-order valence-electron chi connectivity index (χ2n) is 6.02. The van der Waals surface area contributed by atoms with Crippen LogP contribution in [0.4, 0.5) is 0 Å². The summed E-state index contributed by atoms with van der Waals surface area (Å²) in [6.07, 6.45) is 4.51. The van der Waals surface area contributed by atoms with Crippen LogP contribution in [-0.4, -0.2) is 25.2 Å². The molecule has 23 heavy (non-hydrogen) atoms. The lowest BCUT2D eigenvalue weighted by molar-refractivity contribution is 0.0603. The summed E-state index contributed by atoms with van der Waals surface area (Å²) in [4.78, 5) is 15.6. The summed E-state index contributed by atoms with van der Waals surface area (Å²) in [5.74, 6) is 0.580. The van der Waals surface area contributed by atoms with Gasteiger partial charge in [0.1, 0.15) is 5.75 Å². The molecule has 1 aliphatic carbocycles. The van der Waals surface area contributed by atoms with Crippen LogP contribution in [0.3, 0.4) is 0 Å². The number of rotatable bonds is 2. The number of aromatic nitrogens is 1. The molecule has 1 N–H and O–H groups in total. The van der Waals surface area contributed by atoms with Crippen molar-refractivity contribution in [2.45, 2.75) is 25.7 Å². The molecule has 118 valence electrons. The van der Waals surface area contributed by atoms with E-state index in [1.165, 1.54) is 31.1 Å². The molecule has 0 bridgehead atoms. The summed E-state index contributed by atoms with van der Waals surface area (Å²) in [7, 11) is 3.12. The first-order valence-corrected chi connectivity index (χ1v) is 7.96. The molecule has 3 aromatic rings. The van der Waals surface area contributed by atoms with Crippen LogP contribution in [0.2, 0.25) is 0 Å². The summed E-state index contributed by atoms with van der Waals surface area (Å²) < 4.78 is 10.7. The summed E-state index contributed by atoms with van der Waals surface area (Å²) in [5, 5.41) is 1.88. The Kier molecular flexibility index (Phi) is 3.26. The molecule has 0 saturated heterocycles. The minimum Gasteiger partial charge on any atom is -0.496 e. The molecule has 0 unspecified atom stereocenters. The van der Waals surface area contributed by atoms with Gasteiger partial charge in [-0.15, -0.1) is 0 Å². The quantitative estimate of drug-likeness (QED) is 0.728. The van der Waals surface area contributed by atoms with Crippen molar-refractivity contribution in [1.82, 2.24) is 4.98 Å². The third-order valence-corrected chi connectivity index (χ3v) is 4.79. The number of ether oxygens (including phenoxy) is 2. The lowest BCUT2D eigenvalue weighted by atomic mass is 9.89. The highest BCUT2D eigenvalue weighted by Gasteiger charge is 2.23. The summed E-state index contributed by atoms with van der Waals surface area (Å²) in [6.45, 7) is 0. The SMILES string of the molecule is COC(=O)c1cccc2[nH]c3cc4c(c(OC)c3c12)CCCC4. The Bertz CT molecular complexity index is 923. The molecule has 4 rings (SSSR count). The highest BCUT2D eigenvalue weighted by Crippen LogP contribution is 2.41. The number of fused-ring (bicyclic) bond motifs is 4. The van der Waals surface area contributed by atoms with E-state index in [2.05, 4.69) is 11.1 Å². The number of esters is 1. The van der Waals surface area contributed by atoms with Gasteiger partial charge in [-0.1, -0.05) is 6.07 Å². The standard InChI is InChI=1S/C19H19NO3/c1-22-18-12-7-4-3-6-11(12)10-15-17(18)16-13(19(21)23-2)8-5-9-14(16)20-15/h5,8-10,20H,3-4,6-7H2,1-2H3. The molecule has 0 aliphatic heterocycles. The van der Waals surface area contributed by atoms with Gasteiger partial charge in [-0.2, -0.15) is 0 Å². The van der Waals surface area contributed by atoms with Gasteiger partial charge in [0.2, 0.25) is 0 Å². The summed E-state index contributed by atoms with van der Waals surface area (Å²) in [5.41, 5.74) is 5.17. The van der Waals surface area contributed by atoms with Gasteiger partial charge in [-0.3, -0.25) is 0 Å². The van der Waals surface area contributed by atoms with Crippen molar-refractivity contribution in [3.8, 4) is 5.75 Å². The van der Waals surface area contributed by atoms with E-state index < -0.39 is 0 Å². The smallest absolute Gasteiger partial charge is 0.338 e. The van der Waals surface area contributed by atoms with E-state index in [9.17, 15) is 4.79 Å². The maximum atomic E-state index is 12.2. The van der Waals surface area contributed by atoms with E-state index in [0.29, 0.717) is 5.56 Å². The topological polar surface area (TPSA) is 51.3 Å². The molecular formula is C19H19NO3. The van der Waals surface area contributed by atoms with Gasteiger partial charge in [-0.25, -0.2) is 4.79 Å². The number of hydrogen-bond acceptors (Lipinski definition) is 3. The van der Waals surface area contributed by atoms with Crippen LogP contribution in [0.1, 0.15) is 34.3 Å². The van der Waals surface area contributed by atoms with Gasteiger partial charge in [0, 0.05) is 10.9 Å². The van der Waals surface area contributed by atoms with E-state index in [4.69, 9.17) is 9.47 Å². The Morgan fingerprint density at radius 3 is 2.70 bits per heavy atom. The van der Waals surface area contributed by atoms with Gasteiger partial charge >= 0.3 is 5.97 Å². The first kappa shape index (κ1) is 14.1. The molecular weight excluding hydrogens is 290 g/mol. The van der Waals surface area contributed by atoms with Crippen molar-refractivity contribution in [2.24, 2.45) is 0 Å². The molecule has 1 aliphatic rings. The fourth-order valence-corrected chi connectivity index (χ4v) is 3.79. The van der Waals surface area contributed by atoms with Crippen LogP contribution < -0.4 is 4.74 Å². The number of benzene rings is 2. The molecule has 1 heterocycles. The fraction of sp³-hybridized carbons (Fsp3) is 0.316. The zero-order valence-electron chi connectivity index (χ0n) is 13.4. The van der Waals surface area contributed by atoms with Gasteiger partial charge < -0.3 is 14.5 Å². The van der Waals surface area contributed by atoms with Crippen LogP contribution in [0.25, 0.3) is 21.8 Å². The molecule has 0 saturated carbocycles. The number of carbonyl (C=O) groups excluding carboxylic acids is 1. The zero-order chi connectivity index (χ0) is 16.0. The van der Waals surface area contributed by atoms with E-state index >= 15 is 0 Å². The molecule has 2 aromatic carbocycles. The highest BCUT2D eigenvalue weighted by atomic mass is 16.5. The van der Waals surface area contributed by atoms with E-state index in [1.807, 2.05) is 12.1 Å². The van der Waals surface area contributed by atoms with Crippen LogP contribution in [-0.2, 0) is 17.6 Å². The number of aryl methyl sites for hydroxylation is 1. The van der Waals surface area contributed by atoms with E-state index in [0.717, 1.165) is 40.4 Å². The Hall–Kier alpha value is -2.49. The Morgan fingerprint density at radius 2 is 1.91 bits per heavy atom. The number of methoxy groups -OCH3 is 2. The number of H-pyrrole nitrogens is 1. The molecule has 0 radical (unpaired) electrons. The van der Waals surface area contributed by atoms with Gasteiger partial charge in [0.25, 0.3) is 0 Å². The largest absolute Gasteiger partial charge is 0.496 e. The van der Waals surface area contributed by atoms with Crippen molar-refractivity contribution in [2.75, 3.05) is 14.2 Å². The third-order valence-electron chi connectivity index (χ3n) is 4.79. The first-order chi connectivity index (χ1) is 11.2.